The van der Waals surface area contributed by atoms with Crippen LogP contribution in [-0.4, -0.2) is 29.5 Å². The van der Waals surface area contributed by atoms with Crippen LogP contribution < -0.4 is 15.0 Å². The van der Waals surface area contributed by atoms with Crippen molar-refractivity contribution in [2.24, 2.45) is 0 Å². The van der Waals surface area contributed by atoms with Gasteiger partial charge in [0.05, 0.1) is 18.8 Å². The fourth-order valence-electron chi connectivity index (χ4n) is 2.73. The number of carbonyl (C=O) groups excluding carboxylic acids is 1. The number of hydrogen-bond donors (Lipinski definition) is 2. The van der Waals surface area contributed by atoms with Crippen LogP contribution in [0.5, 0.6) is 5.75 Å². The van der Waals surface area contributed by atoms with Crippen LogP contribution in [0.1, 0.15) is 31.6 Å². The molecule has 22 heavy (non-hydrogen) atoms. The quantitative estimate of drug-likeness (QED) is 0.890. The van der Waals surface area contributed by atoms with Gasteiger partial charge in [0, 0.05) is 37.1 Å². The summed E-state index contributed by atoms with van der Waals surface area (Å²) >= 11 is 0. The average molecular weight is 300 g/mol. The minimum Gasteiger partial charge on any atom is -0.494 e. The number of methoxy groups -OCH3 is 1. The summed E-state index contributed by atoms with van der Waals surface area (Å²) < 4.78 is 5.46. The van der Waals surface area contributed by atoms with Crippen molar-refractivity contribution in [2.75, 3.05) is 23.9 Å². The van der Waals surface area contributed by atoms with E-state index in [1.807, 2.05) is 25.1 Å². The van der Waals surface area contributed by atoms with Gasteiger partial charge in [0.1, 0.15) is 11.6 Å². The summed E-state index contributed by atoms with van der Waals surface area (Å²) in [6.45, 7) is 2.79. The summed E-state index contributed by atoms with van der Waals surface area (Å²) in [5, 5.41) is 3.37. The highest BCUT2D eigenvalue weighted by Crippen LogP contribution is 2.34. The fraction of sp³-hybridized carbons (Fsp3) is 0.375. The smallest absolute Gasteiger partial charge is 0.227 e. The lowest BCUT2D eigenvalue weighted by Gasteiger charge is -2.21. The summed E-state index contributed by atoms with van der Waals surface area (Å²) in [4.78, 5) is 21.0. The van der Waals surface area contributed by atoms with Gasteiger partial charge < -0.3 is 19.9 Å². The number of hydrogen-bond acceptors (Lipinski definition) is 4. The standard InChI is InChI=1S/C16H20N4O2/c1-11(16-17-7-8-18-16)19-12-5-6-13(14(10-12)22-2)20-9-3-4-15(20)21/h5-8,10-11,19H,3-4,9H2,1-2H3,(H,17,18). The highest BCUT2D eigenvalue weighted by molar-refractivity contribution is 5.97. The second kappa shape index (κ2) is 6.09. The van der Waals surface area contributed by atoms with Gasteiger partial charge in [0.2, 0.25) is 5.91 Å². The maximum atomic E-state index is 11.9. The average Bonchev–Trinajstić information content (AvgIpc) is 3.18. The molecule has 1 aliphatic heterocycles. The Hall–Kier alpha value is -2.50. The second-order valence-electron chi connectivity index (χ2n) is 5.38. The first-order chi connectivity index (χ1) is 10.7. The largest absolute Gasteiger partial charge is 0.494 e. The van der Waals surface area contributed by atoms with E-state index in [9.17, 15) is 4.79 Å². The Balaban J connectivity index is 1.81. The Morgan fingerprint density at radius 3 is 2.95 bits per heavy atom. The third-order valence-corrected chi connectivity index (χ3v) is 3.86. The first-order valence-corrected chi connectivity index (χ1v) is 7.43. The number of H-pyrrole nitrogens is 1. The van der Waals surface area contributed by atoms with E-state index in [2.05, 4.69) is 15.3 Å². The number of rotatable bonds is 5. The van der Waals surface area contributed by atoms with Crippen molar-refractivity contribution < 1.29 is 9.53 Å². The number of nitrogens with zero attached hydrogens (tertiary/aromatic N) is 2. The van der Waals surface area contributed by atoms with Crippen LogP contribution in [-0.2, 0) is 4.79 Å². The number of carbonyl (C=O) groups is 1. The normalized spacial score (nSPS) is 15.9. The van der Waals surface area contributed by atoms with Crippen molar-refractivity contribution >= 4 is 17.3 Å². The highest BCUT2D eigenvalue weighted by Gasteiger charge is 2.24. The third kappa shape index (κ3) is 2.77. The number of aromatic nitrogens is 2. The van der Waals surface area contributed by atoms with Crippen molar-refractivity contribution in [2.45, 2.75) is 25.8 Å². The Kier molecular flexibility index (Phi) is 4.00. The maximum absolute atomic E-state index is 11.9. The minimum atomic E-state index is 0.0546. The molecule has 1 unspecified atom stereocenters. The zero-order chi connectivity index (χ0) is 15.5. The molecule has 2 aromatic rings. The van der Waals surface area contributed by atoms with Gasteiger partial charge in [-0.25, -0.2) is 4.98 Å². The van der Waals surface area contributed by atoms with E-state index in [1.54, 1.807) is 24.4 Å². The zero-order valence-corrected chi connectivity index (χ0v) is 12.8. The van der Waals surface area contributed by atoms with E-state index in [0.29, 0.717) is 12.2 Å². The summed E-state index contributed by atoms with van der Waals surface area (Å²) in [6, 6.07) is 5.86. The first-order valence-electron chi connectivity index (χ1n) is 7.43. The predicted molar refractivity (Wildman–Crippen MR) is 85.2 cm³/mol. The molecule has 1 atom stereocenters. The Morgan fingerprint density at radius 1 is 1.45 bits per heavy atom. The number of ether oxygens (including phenoxy) is 1. The molecule has 0 radical (unpaired) electrons. The molecule has 2 N–H and O–H groups in total. The van der Waals surface area contributed by atoms with E-state index in [1.165, 1.54) is 0 Å². The van der Waals surface area contributed by atoms with Gasteiger partial charge >= 0.3 is 0 Å². The first kappa shape index (κ1) is 14.4. The van der Waals surface area contributed by atoms with Crippen LogP contribution in [0.4, 0.5) is 11.4 Å². The number of nitrogens with one attached hydrogen (secondary N) is 2. The van der Waals surface area contributed by atoms with Crippen molar-refractivity contribution in [1.82, 2.24) is 9.97 Å². The molecule has 0 bridgehead atoms. The van der Waals surface area contributed by atoms with Gasteiger partial charge in [-0.05, 0) is 25.5 Å². The van der Waals surface area contributed by atoms with E-state index < -0.39 is 0 Å². The molecule has 0 spiro atoms. The molecular formula is C16H20N4O2. The molecule has 3 rings (SSSR count). The number of aromatic amines is 1. The van der Waals surface area contributed by atoms with Gasteiger partial charge in [-0.2, -0.15) is 0 Å². The molecule has 116 valence electrons. The lowest BCUT2D eigenvalue weighted by atomic mass is 10.2. The van der Waals surface area contributed by atoms with Gasteiger partial charge in [-0.3, -0.25) is 4.79 Å². The van der Waals surface area contributed by atoms with Crippen molar-refractivity contribution in [1.29, 1.82) is 0 Å². The van der Waals surface area contributed by atoms with Crippen LogP contribution >= 0.6 is 0 Å². The molecule has 6 heteroatoms. The van der Waals surface area contributed by atoms with Gasteiger partial charge in [0.15, 0.2) is 0 Å². The summed E-state index contributed by atoms with van der Waals surface area (Å²) in [5.74, 6) is 1.73. The van der Waals surface area contributed by atoms with Crippen molar-refractivity contribution in [3.05, 3.63) is 36.4 Å². The second-order valence-corrected chi connectivity index (χ2v) is 5.38. The molecule has 1 saturated heterocycles. The Morgan fingerprint density at radius 2 is 2.32 bits per heavy atom. The molecule has 0 aliphatic carbocycles. The zero-order valence-electron chi connectivity index (χ0n) is 12.8. The number of amides is 1. The molecule has 1 amide bonds. The SMILES string of the molecule is COc1cc(NC(C)c2ncc[nH]2)ccc1N1CCCC1=O. The lowest BCUT2D eigenvalue weighted by molar-refractivity contribution is -0.117. The predicted octanol–water partition coefficient (Wildman–Crippen LogP) is 2.72. The number of imidazole rings is 1. The van der Waals surface area contributed by atoms with Gasteiger partial charge in [-0.15, -0.1) is 0 Å². The maximum Gasteiger partial charge on any atom is 0.227 e. The van der Waals surface area contributed by atoms with Crippen LogP contribution in [0.3, 0.4) is 0 Å². The lowest BCUT2D eigenvalue weighted by Crippen LogP contribution is -2.24. The van der Waals surface area contributed by atoms with Gasteiger partial charge in [-0.1, -0.05) is 0 Å². The molecular weight excluding hydrogens is 280 g/mol. The van der Waals surface area contributed by atoms with Gasteiger partial charge in [0.25, 0.3) is 0 Å². The molecule has 6 nitrogen and oxygen atoms in total. The molecule has 1 fully saturated rings. The highest BCUT2D eigenvalue weighted by atomic mass is 16.5. The van der Waals surface area contributed by atoms with E-state index in [4.69, 9.17) is 4.74 Å². The molecule has 1 aromatic heterocycles. The summed E-state index contributed by atoms with van der Waals surface area (Å²) in [5.41, 5.74) is 1.76. The van der Waals surface area contributed by atoms with E-state index in [-0.39, 0.29) is 11.9 Å². The third-order valence-electron chi connectivity index (χ3n) is 3.86. The van der Waals surface area contributed by atoms with Crippen molar-refractivity contribution in [3.8, 4) is 5.75 Å². The number of benzene rings is 1. The molecule has 0 saturated carbocycles. The monoisotopic (exact) mass is 300 g/mol. The topological polar surface area (TPSA) is 70.2 Å². The van der Waals surface area contributed by atoms with Crippen LogP contribution in [0.15, 0.2) is 30.6 Å². The minimum absolute atomic E-state index is 0.0546. The van der Waals surface area contributed by atoms with Crippen LogP contribution in [0.2, 0.25) is 0 Å². The Labute approximate surface area is 129 Å². The van der Waals surface area contributed by atoms with E-state index in [0.717, 1.165) is 30.2 Å². The van der Waals surface area contributed by atoms with Crippen LogP contribution in [0, 0.1) is 0 Å². The van der Waals surface area contributed by atoms with E-state index >= 15 is 0 Å². The fourth-order valence-corrected chi connectivity index (χ4v) is 2.73. The Bertz CT molecular complexity index is 654. The number of anilines is 2. The molecule has 2 heterocycles. The molecule has 1 aromatic carbocycles. The van der Waals surface area contributed by atoms with Crippen molar-refractivity contribution in [3.63, 3.8) is 0 Å². The summed E-state index contributed by atoms with van der Waals surface area (Å²) in [7, 11) is 1.62. The summed E-state index contributed by atoms with van der Waals surface area (Å²) in [6.07, 6.45) is 5.04. The molecule has 1 aliphatic rings. The van der Waals surface area contributed by atoms with Crippen LogP contribution in [0.25, 0.3) is 0 Å².